The third-order valence-corrected chi connectivity index (χ3v) is 2.55. The van der Waals surface area contributed by atoms with Gasteiger partial charge in [-0.2, -0.15) is 5.10 Å². The predicted molar refractivity (Wildman–Crippen MR) is 59.3 cm³/mol. The number of ether oxygens (including phenoxy) is 1. The zero-order valence-corrected chi connectivity index (χ0v) is 9.35. The van der Waals surface area contributed by atoms with E-state index in [1.54, 1.807) is 22.9 Å². The van der Waals surface area contributed by atoms with E-state index in [1.807, 2.05) is 6.20 Å². The average molecular weight is 224 g/mol. The zero-order chi connectivity index (χ0) is 11.4. The number of carbonyl (C=O) groups excluding carboxylic acids is 1. The fourth-order valence-corrected chi connectivity index (χ4v) is 1.68. The van der Waals surface area contributed by atoms with Crippen LogP contribution in [0.2, 0.25) is 0 Å². The molecule has 0 unspecified atom stereocenters. The molecule has 0 spiro atoms. The minimum absolute atomic E-state index is 0.0949. The van der Waals surface area contributed by atoms with E-state index < -0.39 is 0 Å². The third-order valence-electron chi connectivity index (χ3n) is 2.55. The second-order valence-electron chi connectivity index (χ2n) is 3.68. The Morgan fingerprint density at radius 3 is 3.25 bits per heavy atom. The van der Waals surface area contributed by atoms with E-state index in [0.29, 0.717) is 26.2 Å². The molecule has 1 fully saturated rings. The van der Waals surface area contributed by atoms with Crippen LogP contribution in [0.5, 0.6) is 0 Å². The Morgan fingerprint density at radius 1 is 1.62 bits per heavy atom. The summed E-state index contributed by atoms with van der Waals surface area (Å²) in [6.45, 7) is 3.26. The van der Waals surface area contributed by atoms with Gasteiger partial charge in [0.15, 0.2) is 0 Å². The highest BCUT2D eigenvalue weighted by Gasteiger charge is 2.20. The van der Waals surface area contributed by atoms with Crippen molar-refractivity contribution in [2.75, 3.05) is 38.3 Å². The lowest BCUT2D eigenvalue weighted by molar-refractivity contribution is -0.118. The molecule has 0 aromatic carbocycles. The fourth-order valence-electron chi connectivity index (χ4n) is 1.68. The zero-order valence-electron chi connectivity index (χ0n) is 9.35. The number of nitrogens with zero attached hydrogens (tertiary/aromatic N) is 3. The van der Waals surface area contributed by atoms with Gasteiger partial charge in [0.1, 0.15) is 0 Å². The van der Waals surface area contributed by atoms with Gasteiger partial charge < -0.3 is 15.0 Å². The van der Waals surface area contributed by atoms with Crippen LogP contribution >= 0.6 is 0 Å². The Kier molecular flexibility index (Phi) is 3.53. The van der Waals surface area contributed by atoms with E-state index in [-0.39, 0.29) is 5.91 Å². The molecule has 1 N–H and O–H groups in total. The maximum Gasteiger partial charge on any atom is 0.241 e. The minimum atomic E-state index is 0.0949. The first-order chi connectivity index (χ1) is 7.81. The highest BCUT2D eigenvalue weighted by atomic mass is 16.5. The molecule has 88 valence electrons. The number of hydrogen-bond acceptors (Lipinski definition) is 4. The molecule has 1 aromatic rings. The first-order valence-corrected chi connectivity index (χ1v) is 5.34. The maximum absolute atomic E-state index is 11.6. The van der Waals surface area contributed by atoms with Crippen molar-refractivity contribution in [1.82, 2.24) is 15.1 Å². The molecule has 16 heavy (non-hydrogen) atoms. The molecular formula is C10H16N4O2. The van der Waals surface area contributed by atoms with E-state index in [0.717, 1.165) is 12.2 Å². The van der Waals surface area contributed by atoms with Crippen LogP contribution in [0.3, 0.4) is 0 Å². The molecule has 2 rings (SSSR count). The number of carbonyl (C=O) groups is 1. The lowest BCUT2D eigenvalue weighted by atomic mass is 10.3. The Balaban J connectivity index is 2.02. The second kappa shape index (κ2) is 5.09. The molecular weight excluding hydrogens is 208 g/mol. The van der Waals surface area contributed by atoms with Crippen molar-refractivity contribution in [1.29, 1.82) is 0 Å². The molecule has 0 radical (unpaired) electrons. The van der Waals surface area contributed by atoms with Crippen LogP contribution in [0.25, 0.3) is 0 Å². The summed E-state index contributed by atoms with van der Waals surface area (Å²) in [6.07, 6.45) is 3.60. The summed E-state index contributed by atoms with van der Waals surface area (Å²) < 4.78 is 6.76. The molecule has 6 heteroatoms. The largest absolute Gasteiger partial charge is 0.383 e. The first kappa shape index (κ1) is 11.1. The summed E-state index contributed by atoms with van der Waals surface area (Å²) in [6, 6.07) is 0. The number of amides is 1. The predicted octanol–water partition coefficient (Wildman–Crippen LogP) is -0.534. The van der Waals surface area contributed by atoms with Crippen LogP contribution in [0.4, 0.5) is 5.69 Å². The van der Waals surface area contributed by atoms with Gasteiger partial charge in [-0.3, -0.25) is 9.48 Å². The van der Waals surface area contributed by atoms with E-state index in [9.17, 15) is 4.79 Å². The van der Waals surface area contributed by atoms with E-state index >= 15 is 0 Å². The van der Waals surface area contributed by atoms with Crippen LogP contribution < -0.4 is 10.2 Å². The molecule has 0 saturated carbocycles. The number of rotatable bonds is 4. The molecule has 2 heterocycles. The topological polar surface area (TPSA) is 59.4 Å². The van der Waals surface area contributed by atoms with Crippen molar-refractivity contribution in [3.8, 4) is 0 Å². The quantitative estimate of drug-likeness (QED) is 0.746. The number of hydrogen-bond donors (Lipinski definition) is 1. The van der Waals surface area contributed by atoms with Gasteiger partial charge in [0.2, 0.25) is 5.91 Å². The normalized spacial score (nSPS) is 16.8. The molecule has 0 bridgehead atoms. The SMILES string of the molecule is COCCn1cc(N2CCNCC2=O)cn1. The summed E-state index contributed by atoms with van der Waals surface area (Å²) in [5.74, 6) is 0.0949. The van der Waals surface area contributed by atoms with E-state index in [2.05, 4.69) is 10.4 Å². The van der Waals surface area contributed by atoms with Crippen LogP contribution in [0.1, 0.15) is 0 Å². The third kappa shape index (κ3) is 2.40. The summed E-state index contributed by atoms with van der Waals surface area (Å²) in [4.78, 5) is 13.4. The molecule has 0 atom stereocenters. The van der Waals surface area contributed by atoms with E-state index in [1.165, 1.54) is 0 Å². The van der Waals surface area contributed by atoms with Gasteiger partial charge in [0, 0.05) is 26.4 Å². The highest BCUT2D eigenvalue weighted by molar-refractivity contribution is 5.95. The summed E-state index contributed by atoms with van der Waals surface area (Å²) >= 11 is 0. The van der Waals surface area contributed by atoms with Crippen molar-refractivity contribution in [3.63, 3.8) is 0 Å². The number of piperazine rings is 1. The number of anilines is 1. The number of aromatic nitrogens is 2. The monoisotopic (exact) mass is 224 g/mol. The molecule has 6 nitrogen and oxygen atoms in total. The van der Waals surface area contributed by atoms with Crippen molar-refractivity contribution < 1.29 is 9.53 Å². The van der Waals surface area contributed by atoms with Crippen molar-refractivity contribution >= 4 is 11.6 Å². The maximum atomic E-state index is 11.6. The lowest BCUT2D eigenvalue weighted by Crippen LogP contribution is -2.48. The molecule has 1 aliphatic rings. The van der Waals surface area contributed by atoms with Crippen molar-refractivity contribution in [2.45, 2.75) is 6.54 Å². The van der Waals surface area contributed by atoms with Gasteiger partial charge in [-0.25, -0.2) is 0 Å². The van der Waals surface area contributed by atoms with Crippen LogP contribution in [0.15, 0.2) is 12.4 Å². The molecule has 1 aliphatic heterocycles. The number of methoxy groups -OCH3 is 1. The number of nitrogens with one attached hydrogen (secondary N) is 1. The Morgan fingerprint density at radius 2 is 2.50 bits per heavy atom. The summed E-state index contributed by atoms with van der Waals surface area (Å²) in [7, 11) is 1.66. The molecule has 1 saturated heterocycles. The highest BCUT2D eigenvalue weighted by Crippen LogP contribution is 2.13. The molecule has 1 aromatic heterocycles. The summed E-state index contributed by atoms with van der Waals surface area (Å²) in [5, 5.41) is 7.22. The van der Waals surface area contributed by atoms with Crippen LogP contribution in [-0.2, 0) is 16.1 Å². The van der Waals surface area contributed by atoms with Gasteiger partial charge >= 0.3 is 0 Å². The van der Waals surface area contributed by atoms with Crippen molar-refractivity contribution in [3.05, 3.63) is 12.4 Å². The minimum Gasteiger partial charge on any atom is -0.383 e. The standard InChI is InChI=1S/C10H16N4O2/c1-16-5-4-13-8-9(6-12-13)14-3-2-11-7-10(14)15/h6,8,11H,2-5,7H2,1H3. The molecule has 1 amide bonds. The Bertz CT molecular complexity index is 363. The fraction of sp³-hybridized carbons (Fsp3) is 0.600. The van der Waals surface area contributed by atoms with Gasteiger partial charge in [-0.05, 0) is 0 Å². The van der Waals surface area contributed by atoms with Crippen LogP contribution in [0, 0.1) is 0 Å². The first-order valence-electron chi connectivity index (χ1n) is 5.34. The lowest BCUT2D eigenvalue weighted by Gasteiger charge is -2.25. The molecule has 0 aliphatic carbocycles. The average Bonchev–Trinajstić information content (AvgIpc) is 2.75. The second-order valence-corrected chi connectivity index (χ2v) is 3.68. The van der Waals surface area contributed by atoms with Crippen LogP contribution in [-0.4, -0.2) is 49.0 Å². The summed E-state index contributed by atoms with van der Waals surface area (Å²) in [5.41, 5.74) is 0.864. The van der Waals surface area contributed by atoms with E-state index in [4.69, 9.17) is 4.74 Å². The van der Waals surface area contributed by atoms with Crippen molar-refractivity contribution in [2.24, 2.45) is 0 Å². The van der Waals surface area contributed by atoms with Gasteiger partial charge in [-0.15, -0.1) is 0 Å². The Labute approximate surface area is 94.2 Å². The van der Waals surface area contributed by atoms with Gasteiger partial charge in [0.05, 0.1) is 31.6 Å². The smallest absolute Gasteiger partial charge is 0.241 e. The Hall–Kier alpha value is -1.40. The van der Waals surface area contributed by atoms with Gasteiger partial charge in [-0.1, -0.05) is 0 Å². The van der Waals surface area contributed by atoms with Gasteiger partial charge in [0.25, 0.3) is 0 Å².